The van der Waals surface area contributed by atoms with Crippen LogP contribution in [-0.2, 0) is 9.53 Å². The zero-order valence-corrected chi connectivity index (χ0v) is 21.3. The first-order valence-electron chi connectivity index (χ1n) is 11.8. The Balaban J connectivity index is 0.00000216. The quantitative estimate of drug-likeness (QED) is 0.260. The summed E-state index contributed by atoms with van der Waals surface area (Å²) in [6.45, 7) is 1.81. The first-order chi connectivity index (χ1) is 16.0. The normalized spacial score (nSPS) is 20.0. The summed E-state index contributed by atoms with van der Waals surface area (Å²) in [5.41, 5.74) is 8.80. The van der Waals surface area contributed by atoms with E-state index in [1.54, 1.807) is 0 Å². The number of ether oxygens (including phenoxy) is 1. The van der Waals surface area contributed by atoms with Crippen LogP contribution in [0.1, 0.15) is 54.4 Å². The number of amides is 1. The van der Waals surface area contributed by atoms with Crippen LogP contribution in [0.3, 0.4) is 0 Å². The molecular formula is C26H34Cl2N4O3. The van der Waals surface area contributed by atoms with Gasteiger partial charge in [-0.1, -0.05) is 36.4 Å². The molecular weight excluding hydrogens is 487 g/mol. The van der Waals surface area contributed by atoms with Crippen molar-refractivity contribution in [3.05, 3.63) is 59.7 Å². The molecule has 7 nitrogen and oxygen atoms in total. The predicted octanol–water partition coefficient (Wildman–Crippen LogP) is 4.07. The predicted molar refractivity (Wildman–Crippen MR) is 143 cm³/mol. The van der Waals surface area contributed by atoms with E-state index in [-0.39, 0.29) is 60.6 Å². The number of rotatable bonds is 6. The fourth-order valence-electron chi connectivity index (χ4n) is 4.57. The zero-order valence-electron chi connectivity index (χ0n) is 19.6. The summed E-state index contributed by atoms with van der Waals surface area (Å²) in [5, 5.41) is 13.9. The molecule has 5 N–H and O–H groups in total. The monoisotopic (exact) mass is 520 g/mol. The molecule has 0 atom stereocenters. The molecule has 1 saturated carbocycles. The second kappa shape index (κ2) is 13.5. The van der Waals surface area contributed by atoms with Crippen LogP contribution in [0.15, 0.2) is 48.5 Å². The molecule has 190 valence electrons. The van der Waals surface area contributed by atoms with Gasteiger partial charge in [-0.3, -0.25) is 15.0 Å². The van der Waals surface area contributed by atoms with Gasteiger partial charge in [-0.15, -0.1) is 24.8 Å². The van der Waals surface area contributed by atoms with E-state index in [9.17, 15) is 9.59 Å². The number of esters is 1. The maximum Gasteiger partial charge on any atom is 0.309 e. The first-order valence-corrected chi connectivity index (χ1v) is 11.8. The molecule has 0 aromatic heterocycles. The molecule has 1 saturated heterocycles. The van der Waals surface area contributed by atoms with Gasteiger partial charge in [0.2, 0.25) is 0 Å². The summed E-state index contributed by atoms with van der Waals surface area (Å²) < 4.78 is 5.70. The van der Waals surface area contributed by atoms with Crippen molar-refractivity contribution in [2.24, 2.45) is 11.7 Å². The number of hydrogen-bond donors (Lipinski definition) is 4. The number of halogens is 2. The summed E-state index contributed by atoms with van der Waals surface area (Å²) in [4.78, 5) is 25.2. The average Bonchev–Trinajstić information content (AvgIpc) is 2.85. The molecule has 9 heteroatoms. The van der Waals surface area contributed by atoms with Gasteiger partial charge in [0.05, 0.1) is 5.92 Å². The van der Waals surface area contributed by atoms with E-state index in [0.717, 1.165) is 62.7 Å². The molecule has 2 fully saturated rings. The fraction of sp³-hybridized carbons (Fsp3) is 0.423. The van der Waals surface area contributed by atoms with Gasteiger partial charge in [-0.05, 0) is 74.9 Å². The van der Waals surface area contributed by atoms with Gasteiger partial charge >= 0.3 is 5.97 Å². The number of nitrogen functional groups attached to an aromatic ring is 1. The van der Waals surface area contributed by atoms with Crippen LogP contribution in [0.2, 0.25) is 0 Å². The number of nitrogens with two attached hydrogens (primary N) is 1. The van der Waals surface area contributed by atoms with E-state index >= 15 is 0 Å². The highest BCUT2D eigenvalue weighted by molar-refractivity contribution is 5.96. The molecule has 0 radical (unpaired) electrons. The Morgan fingerprint density at radius 1 is 0.829 bits per heavy atom. The van der Waals surface area contributed by atoms with Gasteiger partial charge < -0.3 is 21.1 Å². The lowest BCUT2D eigenvalue weighted by Gasteiger charge is -2.30. The second-order valence-electron chi connectivity index (χ2n) is 8.98. The Kier molecular flexibility index (Phi) is 11.0. The molecule has 2 aromatic rings. The van der Waals surface area contributed by atoms with Gasteiger partial charge in [0.15, 0.2) is 0 Å². The topological polar surface area (TPSA) is 117 Å². The lowest BCUT2D eigenvalue weighted by atomic mass is 9.86. The zero-order chi connectivity index (χ0) is 23.2. The SMILES string of the molecule is Cl.Cl.N=C(N)c1ccc(-c2ccc(C(=O)NC3CCC(C(=O)OC4CCNCC4)CC3)cc2)cc1. The van der Waals surface area contributed by atoms with Crippen molar-refractivity contribution in [3.8, 4) is 11.1 Å². The molecule has 1 heterocycles. The minimum Gasteiger partial charge on any atom is -0.462 e. The van der Waals surface area contributed by atoms with Crippen molar-refractivity contribution in [3.63, 3.8) is 0 Å². The van der Waals surface area contributed by atoms with E-state index in [1.807, 2.05) is 48.5 Å². The summed E-state index contributed by atoms with van der Waals surface area (Å²) in [5.74, 6) is -0.171. The molecule has 2 aliphatic rings. The van der Waals surface area contributed by atoms with Crippen LogP contribution in [0.5, 0.6) is 0 Å². The standard InChI is InChI=1S/C26H32N4O3.2ClH/c27-24(28)19-5-1-17(2-6-19)18-3-7-20(8-4-18)25(31)30-22-11-9-21(10-12-22)26(32)33-23-13-15-29-16-14-23;;/h1-8,21-23,29H,9-16H2,(H3,27,28)(H,30,31);2*1H. The first kappa shape index (κ1) is 28.6. The van der Waals surface area contributed by atoms with Gasteiger partial charge in [0, 0.05) is 17.2 Å². The van der Waals surface area contributed by atoms with Crippen molar-refractivity contribution in [1.29, 1.82) is 5.41 Å². The third kappa shape index (κ3) is 7.69. The summed E-state index contributed by atoms with van der Waals surface area (Å²) in [6, 6.07) is 15.0. The number of carbonyl (C=O) groups excluding carboxylic acids is 2. The molecule has 0 unspecified atom stereocenters. The Labute approximate surface area is 218 Å². The smallest absolute Gasteiger partial charge is 0.309 e. The Morgan fingerprint density at radius 2 is 1.34 bits per heavy atom. The summed E-state index contributed by atoms with van der Waals surface area (Å²) in [6.07, 6.45) is 4.91. The van der Waals surface area contributed by atoms with Gasteiger partial charge in [-0.25, -0.2) is 0 Å². The summed E-state index contributed by atoms with van der Waals surface area (Å²) >= 11 is 0. The van der Waals surface area contributed by atoms with Crippen molar-refractivity contribution >= 4 is 42.5 Å². The molecule has 1 aliphatic heterocycles. The minimum absolute atomic E-state index is 0. The van der Waals surface area contributed by atoms with Crippen LogP contribution in [0, 0.1) is 11.3 Å². The third-order valence-corrected chi connectivity index (χ3v) is 6.64. The number of nitrogens with one attached hydrogen (secondary N) is 3. The maximum atomic E-state index is 12.7. The van der Waals surface area contributed by atoms with Crippen LogP contribution in [-0.4, -0.2) is 42.9 Å². The maximum absolute atomic E-state index is 12.7. The van der Waals surface area contributed by atoms with Crippen molar-refractivity contribution < 1.29 is 14.3 Å². The third-order valence-electron chi connectivity index (χ3n) is 6.64. The molecule has 2 aromatic carbocycles. The number of amidine groups is 1. The van der Waals surface area contributed by atoms with E-state index in [2.05, 4.69) is 10.6 Å². The Hall–Kier alpha value is -2.61. The van der Waals surface area contributed by atoms with Crippen LogP contribution in [0.25, 0.3) is 11.1 Å². The highest BCUT2D eigenvalue weighted by Crippen LogP contribution is 2.27. The van der Waals surface area contributed by atoms with Gasteiger partial charge in [0.25, 0.3) is 5.91 Å². The van der Waals surface area contributed by atoms with E-state index in [1.165, 1.54) is 0 Å². The molecule has 0 spiro atoms. The average molecular weight is 521 g/mol. The molecule has 1 aliphatic carbocycles. The number of piperidine rings is 1. The number of hydrogen-bond acceptors (Lipinski definition) is 5. The minimum atomic E-state index is -0.0887. The number of benzene rings is 2. The molecule has 4 rings (SSSR count). The lowest BCUT2D eigenvalue weighted by Crippen LogP contribution is -2.40. The summed E-state index contributed by atoms with van der Waals surface area (Å²) in [7, 11) is 0. The highest BCUT2D eigenvalue weighted by Gasteiger charge is 2.30. The second-order valence-corrected chi connectivity index (χ2v) is 8.98. The Bertz CT molecular complexity index is 985. The lowest BCUT2D eigenvalue weighted by molar-refractivity contribution is -0.156. The van der Waals surface area contributed by atoms with Gasteiger partial charge in [0.1, 0.15) is 11.9 Å². The molecule has 35 heavy (non-hydrogen) atoms. The van der Waals surface area contributed by atoms with E-state index in [4.69, 9.17) is 15.9 Å². The highest BCUT2D eigenvalue weighted by atomic mass is 35.5. The van der Waals surface area contributed by atoms with Crippen molar-refractivity contribution in [2.75, 3.05) is 13.1 Å². The van der Waals surface area contributed by atoms with Crippen molar-refractivity contribution in [1.82, 2.24) is 10.6 Å². The molecule has 0 bridgehead atoms. The van der Waals surface area contributed by atoms with Crippen LogP contribution >= 0.6 is 24.8 Å². The largest absolute Gasteiger partial charge is 0.462 e. The van der Waals surface area contributed by atoms with E-state index < -0.39 is 0 Å². The van der Waals surface area contributed by atoms with Crippen LogP contribution < -0.4 is 16.4 Å². The number of carbonyl (C=O) groups is 2. The van der Waals surface area contributed by atoms with Gasteiger partial charge in [-0.2, -0.15) is 0 Å². The molecule has 1 amide bonds. The van der Waals surface area contributed by atoms with Crippen LogP contribution in [0.4, 0.5) is 0 Å². The Morgan fingerprint density at radius 3 is 1.86 bits per heavy atom. The van der Waals surface area contributed by atoms with E-state index in [0.29, 0.717) is 11.1 Å². The van der Waals surface area contributed by atoms with Crippen molar-refractivity contribution in [2.45, 2.75) is 50.7 Å². The fourth-order valence-corrected chi connectivity index (χ4v) is 4.57.